The van der Waals surface area contributed by atoms with Gasteiger partial charge in [0.1, 0.15) is 15.7 Å². The topological polar surface area (TPSA) is 0 Å². The summed E-state index contributed by atoms with van der Waals surface area (Å²) >= 11 is 0. The summed E-state index contributed by atoms with van der Waals surface area (Å²) in [5.41, 5.74) is 16.8. The predicted molar refractivity (Wildman–Crippen MR) is 173 cm³/mol. The van der Waals surface area contributed by atoms with Gasteiger partial charge in [0.05, 0.1) is 0 Å². The average Bonchev–Trinajstić information content (AvgIpc) is 3.16. The van der Waals surface area contributed by atoms with Crippen LogP contribution >= 0.6 is 0 Å². The van der Waals surface area contributed by atoms with Crippen LogP contribution in [0.4, 0.5) is 0 Å². The molecule has 0 nitrogen and oxygen atoms in total. The van der Waals surface area contributed by atoms with Crippen LogP contribution in [0.2, 0.25) is 6.82 Å². The Morgan fingerprint density at radius 2 is 1.16 bits per heavy atom. The molecular weight excluding hydrogens is 453 g/mol. The van der Waals surface area contributed by atoms with Crippen LogP contribution in [-0.2, 0) is 0 Å². The Morgan fingerprint density at radius 3 is 1.97 bits per heavy atom. The molecule has 0 fully saturated rings. The quantitative estimate of drug-likeness (QED) is 0.240. The molecule has 0 radical (unpaired) electrons. The lowest BCUT2D eigenvalue weighted by Gasteiger charge is -2.22. The maximum atomic E-state index is 2.49. The van der Waals surface area contributed by atoms with Crippen LogP contribution in [0.1, 0.15) is 24.0 Å². The molecule has 1 unspecified atom stereocenters. The normalized spacial score (nSPS) is 15.0. The lowest BCUT2D eigenvalue weighted by atomic mass is 9.40. The van der Waals surface area contributed by atoms with Crippen molar-refractivity contribution < 1.29 is 0 Å². The van der Waals surface area contributed by atoms with E-state index in [9.17, 15) is 0 Å². The van der Waals surface area contributed by atoms with Crippen molar-refractivity contribution in [2.24, 2.45) is 0 Å². The maximum Gasteiger partial charge on any atom is 0.208 e. The fraction of sp³-hybridized carbons (Fsp3) is 0.0857. The number of fused-ring (bicyclic) bond motifs is 9. The molecule has 1 heterocycles. The summed E-state index contributed by atoms with van der Waals surface area (Å²) in [4.78, 5) is 0. The van der Waals surface area contributed by atoms with E-state index in [-0.39, 0.29) is 6.71 Å². The molecule has 0 amide bonds. The highest BCUT2D eigenvalue weighted by Crippen LogP contribution is 2.48. The average molecular weight is 480 g/mol. The van der Waals surface area contributed by atoms with Gasteiger partial charge in [0.2, 0.25) is 6.71 Å². The first kappa shape index (κ1) is 22.1. The SMILES string of the molecule is Bc1cc2c(c(-c3cccc4c3B(C)c3cc5c-4cc(B)cc5c4ccccc34)c1)C(C)c1ccccc1-2. The van der Waals surface area contributed by atoms with Gasteiger partial charge in [-0.25, -0.2) is 0 Å². The minimum Gasteiger partial charge on any atom is -0.0877 e. The van der Waals surface area contributed by atoms with E-state index in [4.69, 9.17) is 0 Å². The second-order valence-corrected chi connectivity index (χ2v) is 11.5. The zero-order valence-corrected chi connectivity index (χ0v) is 22.4. The molecule has 8 rings (SSSR count). The molecule has 1 aliphatic carbocycles. The lowest BCUT2D eigenvalue weighted by Crippen LogP contribution is -2.41. The van der Waals surface area contributed by atoms with Gasteiger partial charge in [0.15, 0.2) is 0 Å². The molecule has 1 atom stereocenters. The molecule has 0 saturated carbocycles. The molecule has 1 aliphatic heterocycles. The standard InChI is InChI=1S/C35H27B3/c1-19-22-8-3-4-9-23(22)31-16-21(37)17-32(34(19)31)27-13-7-12-26-29-15-20(36)14-28-24-10-5-6-11-25(24)33(18-30(28)29)38(2)35(26)27/h3-19H,36-37H2,1-2H3. The first-order valence-electron chi connectivity index (χ1n) is 13.8. The van der Waals surface area contributed by atoms with Crippen molar-refractivity contribution in [3.8, 4) is 33.4 Å². The van der Waals surface area contributed by atoms with E-state index in [0.29, 0.717) is 5.92 Å². The minimum absolute atomic E-state index is 0.276. The third-order valence-electron chi connectivity index (χ3n) is 9.21. The Balaban J connectivity index is 1.49. The Morgan fingerprint density at radius 1 is 0.553 bits per heavy atom. The molecule has 6 aromatic carbocycles. The smallest absolute Gasteiger partial charge is 0.0877 e. The van der Waals surface area contributed by atoms with Crippen LogP contribution in [-0.4, -0.2) is 22.4 Å². The highest BCUT2D eigenvalue weighted by Gasteiger charge is 2.32. The highest BCUT2D eigenvalue weighted by atomic mass is 14.3. The summed E-state index contributed by atoms with van der Waals surface area (Å²) in [6.45, 7) is 5.08. The van der Waals surface area contributed by atoms with Gasteiger partial charge in [-0.05, 0) is 66.1 Å². The molecule has 6 aromatic rings. The summed E-state index contributed by atoms with van der Waals surface area (Å²) in [7, 11) is 4.49. The second-order valence-electron chi connectivity index (χ2n) is 11.5. The molecule has 0 aromatic heterocycles. The Kier molecular flexibility index (Phi) is 4.51. The van der Waals surface area contributed by atoms with Crippen molar-refractivity contribution >= 4 is 65.8 Å². The van der Waals surface area contributed by atoms with Gasteiger partial charge < -0.3 is 0 Å². The maximum absolute atomic E-state index is 2.49. The summed E-state index contributed by atoms with van der Waals surface area (Å²) in [5.74, 6) is 0.376. The van der Waals surface area contributed by atoms with E-state index in [0.717, 1.165) is 0 Å². The molecule has 3 heteroatoms. The van der Waals surface area contributed by atoms with Gasteiger partial charge in [-0.2, -0.15) is 0 Å². The monoisotopic (exact) mass is 480 g/mol. The lowest BCUT2D eigenvalue weighted by molar-refractivity contribution is 0.959. The molecule has 176 valence electrons. The van der Waals surface area contributed by atoms with E-state index >= 15 is 0 Å². The summed E-state index contributed by atoms with van der Waals surface area (Å²) in [6, 6.07) is 37.1. The van der Waals surface area contributed by atoms with Crippen molar-refractivity contribution in [2.45, 2.75) is 19.7 Å². The predicted octanol–water partition coefficient (Wildman–Crippen LogP) is 4.53. The van der Waals surface area contributed by atoms with Crippen LogP contribution in [0.3, 0.4) is 0 Å². The molecule has 0 saturated heterocycles. The molecule has 0 spiro atoms. The Bertz CT molecular complexity index is 1980. The second kappa shape index (κ2) is 7.77. The van der Waals surface area contributed by atoms with Gasteiger partial charge in [-0.3, -0.25) is 0 Å². The van der Waals surface area contributed by atoms with E-state index in [2.05, 4.69) is 127 Å². The first-order valence-corrected chi connectivity index (χ1v) is 13.8. The summed E-state index contributed by atoms with van der Waals surface area (Å²) in [6.07, 6.45) is 0. The molecular formula is C35H27B3. The van der Waals surface area contributed by atoms with E-state index in [1.54, 1.807) is 0 Å². The van der Waals surface area contributed by atoms with E-state index in [1.165, 1.54) is 87.9 Å². The molecule has 38 heavy (non-hydrogen) atoms. The van der Waals surface area contributed by atoms with Crippen LogP contribution in [0.5, 0.6) is 0 Å². The summed E-state index contributed by atoms with van der Waals surface area (Å²) in [5, 5.41) is 5.49. The molecule has 0 N–H and O–H groups in total. The van der Waals surface area contributed by atoms with Crippen molar-refractivity contribution in [1.29, 1.82) is 0 Å². The third kappa shape index (κ3) is 2.85. The van der Waals surface area contributed by atoms with Crippen LogP contribution in [0, 0.1) is 0 Å². The zero-order chi connectivity index (χ0) is 25.7. The van der Waals surface area contributed by atoms with Gasteiger partial charge in [-0.1, -0.05) is 133 Å². The van der Waals surface area contributed by atoms with Gasteiger partial charge >= 0.3 is 0 Å². The fourth-order valence-electron chi connectivity index (χ4n) is 7.60. The van der Waals surface area contributed by atoms with Crippen molar-refractivity contribution in [2.75, 3.05) is 0 Å². The molecule has 2 aliphatic rings. The highest BCUT2D eigenvalue weighted by molar-refractivity contribution is 6.88. The van der Waals surface area contributed by atoms with Crippen LogP contribution in [0.15, 0.2) is 97.1 Å². The first-order chi connectivity index (χ1) is 18.5. The number of rotatable bonds is 1. The van der Waals surface area contributed by atoms with Gasteiger partial charge in [0.25, 0.3) is 0 Å². The van der Waals surface area contributed by atoms with Crippen molar-refractivity contribution in [1.82, 2.24) is 0 Å². The number of benzene rings is 6. The van der Waals surface area contributed by atoms with Gasteiger partial charge in [-0.15, -0.1) is 0 Å². The minimum atomic E-state index is 0.276. The van der Waals surface area contributed by atoms with Crippen molar-refractivity contribution in [3.05, 3.63) is 108 Å². The van der Waals surface area contributed by atoms with Crippen molar-refractivity contribution in [3.63, 3.8) is 0 Å². The Labute approximate surface area is 226 Å². The summed E-state index contributed by atoms with van der Waals surface area (Å²) < 4.78 is 0. The molecule has 2 bridgehead atoms. The zero-order valence-electron chi connectivity index (χ0n) is 22.4. The van der Waals surface area contributed by atoms with Gasteiger partial charge in [0, 0.05) is 5.92 Å². The van der Waals surface area contributed by atoms with Crippen LogP contribution < -0.4 is 21.9 Å². The van der Waals surface area contributed by atoms with E-state index < -0.39 is 0 Å². The van der Waals surface area contributed by atoms with Crippen LogP contribution in [0.25, 0.3) is 54.9 Å². The third-order valence-corrected chi connectivity index (χ3v) is 9.21. The fourth-order valence-corrected chi connectivity index (χ4v) is 7.60. The van der Waals surface area contributed by atoms with E-state index in [1.807, 2.05) is 0 Å². The largest absolute Gasteiger partial charge is 0.208 e. The number of hydrogen-bond acceptors (Lipinski definition) is 0. The Hall–Kier alpha value is -3.97. The number of hydrogen-bond donors (Lipinski definition) is 0.